The molecule has 0 saturated carbocycles. The summed E-state index contributed by atoms with van der Waals surface area (Å²) >= 11 is 0. The van der Waals surface area contributed by atoms with Gasteiger partial charge in [0.15, 0.2) is 17.0 Å². The highest BCUT2D eigenvalue weighted by Gasteiger charge is 2.36. The molecule has 3 aromatic heterocycles. The van der Waals surface area contributed by atoms with Crippen LogP contribution in [0.25, 0.3) is 16.9 Å². The number of aryl methyl sites for hydroxylation is 2. The number of carbonyl (C=O) groups excluding carboxylic acids is 1. The Hall–Kier alpha value is -2.91. The van der Waals surface area contributed by atoms with Gasteiger partial charge in [-0.05, 0) is 19.4 Å². The fourth-order valence-electron chi connectivity index (χ4n) is 3.12. The van der Waals surface area contributed by atoms with E-state index in [0.717, 1.165) is 31.7 Å². The number of rotatable bonds is 7. The molecule has 10 heteroatoms. The van der Waals surface area contributed by atoms with E-state index >= 15 is 0 Å². The highest BCUT2D eigenvalue weighted by Crippen LogP contribution is 2.32. The van der Waals surface area contributed by atoms with Crippen LogP contribution >= 0.6 is 0 Å². The number of amides is 1. The van der Waals surface area contributed by atoms with Gasteiger partial charge in [0.2, 0.25) is 0 Å². The molecule has 0 aliphatic heterocycles. The molecule has 3 rings (SSSR count). The standard InChI is InChI=1S/C19H23F3N6O/c1-4-5-6-7-8-23-18(29)15-10-17-24-14(13-11-27(3)25-12(13)2)9-16(19(20,21)22)28(17)26-15/h9-11H,4-8H2,1-3H3,(H,23,29). The number of fused-ring (bicyclic) bond motifs is 1. The summed E-state index contributed by atoms with van der Waals surface area (Å²) in [4.78, 5) is 16.6. The SMILES string of the molecule is CCCCCCNC(=O)c1cc2nc(-c3cn(C)nc3C)cc(C(F)(F)F)n2n1. The van der Waals surface area contributed by atoms with Crippen LogP contribution in [-0.2, 0) is 13.2 Å². The number of halogens is 3. The molecule has 7 nitrogen and oxygen atoms in total. The Kier molecular flexibility index (Phi) is 5.90. The molecule has 0 atom stereocenters. The molecule has 0 aliphatic carbocycles. The zero-order valence-electron chi connectivity index (χ0n) is 16.5. The zero-order valence-corrected chi connectivity index (χ0v) is 16.5. The summed E-state index contributed by atoms with van der Waals surface area (Å²) in [6.07, 6.45) is 0.879. The first-order chi connectivity index (χ1) is 13.7. The lowest BCUT2D eigenvalue weighted by molar-refractivity contribution is -0.142. The summed E-state index contributed by atoms with van der Waals surface area (Å²) in [5, 5.41) is 10.7. The lowest BCUT2D eigenvalue weighted by Gasteiger charge is -2.10. The van der Waals surface area contributed by atoms with Gasteiger partial charge < -0.3 is 5.32 Å². The molecule has 0 saturated heterocycles. The van der Waals surface area contributed by atoms with Crippen molar-refractivity contribution in [1.82, 2.24) is 29.7 Å². The fraction of sp³-hybridized carbons (Fsp3) is 0.474. The van der Waals surface area contributed by atoms with Gasteiger partial charge in [-0.1, -0.05) is 26.2 Å². The van der Waals surface area contributed by atoms with Gasteiger partial charge in [0.05, 0.1) is 11.4 Å². The minimum absolute atomic E-state index is 0.0470. The third kappa shape index (κ3) is 4.57. The first-order valence-electron chi connectivity index (χ1n) is 9.47. The Labute approximate surface area is 165 Å². The molecule has 0 radical (unpaired) electrons. The maximum Gasteiger partial charge on any atom is 0.433 e. The molecule has 1 N–H and O–H groups in total. The summed E-state index contributed by atoms with van der Waals surface area (Å²) < 4.78 is 43.1. The molecule has 29 heavy (non-hydrogen) atoms. The van der Waals surface area contributed by atoms with Crippen LogP contribution in [0.5, 0.6) is 0 Å². The number of alkyl halides is 3. The molecule has 0 aromatic carbocycles. The largest absolute Gasteiger partial charge is 0.433 e. The summed E-state index contributed by atoms with van der Waals surface area (Å²) in [5.74, 6) is -0.515. The van der Waals surface area contributed by atoms with Crippen molar-refractivity contribution in [2.45, 2.75) is 45.7 Å². The van der Waals surface area contributed by atoms with Gasteiger partial charge in [0.1, 0.15) is 0 Å². The lowest BCUT2D eigenvalue weighted by Crippen LogP contribution is -2.25. The van der Waals surface area contributed by atoms with Crippen LogP contribution in [0.4, 0.5) is 13.2 Å². The van der Waals surface area contributed by atoms with Gasteiger partial charge in [-0.3, -0.25) is 9.48 Å². The van der Waals surface area contributed by atoms with E-state index in [0.29, 0.717) is 22.3 Å². The zero-order chi connectivity index (χ0) is 21.2. The highest BCUT2D eigenvalue weighted by molar-refractivity contribution is 5.93. The monoisotopic (exact) mass is 408 g/mol. The van der Waals surface area contributed by atoms with Crippen LogP contribution < -0.4 is 5.32 Å². The van der Waals surface area contributed by atoms with Crippen LogP contribution in [0.2, 0.25) is 0 Å². The van der Waals surface area contributed by atoms with E-state index in [1.165, 1.54) is 10.7 Å². The topological polar surface area (TPSA) is 77.1 Å². The minimum atomic E-state index is -4.66. The molecule has 1 amide bonds. The Morgan fingerprint density at radius 3 is 2.55 bits per heavy atom. The molecule has 3 aromatic rings. The number of unbranched alkanes of at least 4 members (excludes halogenated alkanes) is 3. The molecule has 156 valence electrons. The Balaban J connectivity index is 1.96. The third-order valence-electron chi connectivity index (χ3n) is 4.56. The van der Waals surface area contributed by atoms with Crippen molar-refractivity contribution in [1.29, 1.82) is 0 Å². The number of nitrogens with zero attached hydrogens (tertiary/aromatic N) is 5. The average molecular weight is 408 g/mol. The Bertz CT molecular complexity index is 1020. The molecule has 0 spiro atoms. The van der Waals surface area contributed by atoms with Gasteiger partial charge in [-0.2, -0.15) is 23.4 Å². The average Bonchev–Trinajstić information content (AvgIpc) is 3.22. The second-order valence-electron chi connectivity index (χ2n) is 6.94. The van der Waals surface area contributed by atoms with Gasteiger partial charge in [0, 0.05) is 31.4 Å². The van der Waals surface area contributed by atoms with Gasteiger partial charge in [-0.15, -0.1) is 0 Å². The first kappa shape index (κ1) is 20.8. The Morgan fingerprint density at radius 2 is 1.93 bits per heavy atom. The van der Waals surface area contributed by atoms with E-state index < -0.39 is 17.8 Å². The van der Waals surface area contributed by atoms with Crippen molar-refractivity contribution in [3.63, 3.8) is 0 Å². The van der Waals surface area contributed by atoms with Crippen LogP contribution in [0.3, 0.4) is 0 Å². The van der Waals surface area contributed by atoms with Crippen LogP contribution in [0, 0.1) is 6.92 Å². The first-order valence-corrected chi connectivity index (χ1v) is 9.47. The summed E-state index contributed by atoms with van der Waals surface area (Å²) in [6.45, 7) is 4.23. The molecule has 0 bridgehead atoms. The van der Waals surface area contributed by atoms with Gasteiger partial charge in [-0.25, -0.2) is 9.50 Å². The van der Waals surface area contributed by atoms with E-state index in [2.05, 4.69) is 27.4 Å². The molecule has 0 aliphatic rings. The van der Waals surface area contributed by atoms with Crippen molar-refractivity contribution in [3.05, 3.63) is 35.4 Å². The van der Waals surface area contributed by atoms with Gasteiger partial charge in [0.25, 0.3) is 5.91 Å². The number of nitrogens with one attached hydrogen (secondary N) is 1. The lowest BCUT2D eigenvalue weighted by atomic mass is 10.1. The van der Waals surface area contributed by atoms with Crippen LogP contribution in [-0.4, -0.2) is 36.8 Å². The minimum Gasteiger partial charge on any atom is -0.351 e. The normalized spacial score (nSPS) is 11.9. The van der Waals surface area contributed by atoms with Crippen LogP contribution in [0.15, 0.2) is 18.3 Å². The molecular formula is C19H23F3N6O. The highest BCUT2D eigenvalue weighted by atomic mass is 19.4. The van der Waals surface area contributed by atoms with Crippen molar-refractivity contribution in [2.24, 2.45) is 7.05 Å². The van der Waals surface area contributed by atoms with E-state index in [1.807, 2.05) is 0 Å². The predicted octanol–water partition coefficient (Wildman–Crippen LogP) is 3.77. The molecular weight excluding hydrogens is 385 g/mol. The smallest absolute Gasteiger partial charge is 0.351 e. The van der Waals surface area contributed by atoms with E-state index in [1.54, 1.807) is 20.2 Å². The third-order valence-corrected chi connectivity index (χ3v) is 4.56. The predicted molar refractivity (Wildman–Crippen MR) is 101 cm³/mol. The second kappa shape index (κ2) is 8.22. The van der Waals surface area contributed by atoms with E-state index in [9.17, 15) is 18.0 Å². The quantitative estimate of drug-likeness (QED) is 0.604. The molecule has 0 fully saturated rings. The van der Waals surface area contributed by atoms with E-state index in [4.69, 9.17) is 0 Å². The van der Waals surface area contributed by atoms with E-state index in [-0.39, 0.29) is 17.0 Å². The molecule has 3 heterocycles. The van der Waals surface area contributed by atoms with Crippen LogP contribution in [0.1, 0.15) is 54.5 Å². The van der Waals surface area contributed by atoms with Crippen molar-refractivity contribution in [3.8, 4) is 11.3 Å². The van der Waals surface area contributed by atoms with Crippen molar-refractivity contribution < 1.29 is 18.0 Å². The number of carbonyl (C=O) groups is 1. The maximum absolute atomic E-state index is 13.6. The van der Waals surface area contributed by atoms with Gasteiger partial charge >= 0.3 is 6.18 Å². The van der Waals surface area contributed by atoms with Crippen molar-refractivity contribution in [2.75, 3.05) is 6.54 Å². The Morgan fingerprint density at radius 1 is 1.17 bits per heavy atom. The second-order valence-corrected chi connectivity index (χ2v) is 6.94. The molecule has 0 unspecified atom stereocenters. The summed E-state index contributed by atoms with van der Waals surface area (Å²) in [6, 6.07) is 2.20. The summed E-state index contributed by atoms with van der Waals surface area (Å²) in [5.41, 5.74) is 0.0306. The number of aromatic nitrogens is 5. The van der Waals surface area contributed by atoms with Crippen molar-refractivity contribution >= 4 is 11.6 Å². The fourth-order valence-corrected chi connectivity index (χ4v) is 3.12. The summed E-state index contributed by atoms with van der Waals surface area (Å²) in [7, 11) is 1.68. The number of hydrogen-bond donors (Lipinski definition) is 1. The maximum atomic E-state index is 13.6. The number of hydrogen-bond acceptors (Lipinski definition) is 4.